The van der Waals surface area contributed by atoms with Crippen molar-refractivity contribution in [3.05, 3.63) is 89.1 Å². The molecule has 0 bridgehead atoms. The highest BCUT2D eigenvalue weighted by Crippen LogP contribution is 2.20. The van der Waals surface area contributed by atoms with E-state index in [4.69, 9.17) is 16.3 Å². The van der Waals surface area contributed by atoms with Crippen LogP contribution in [0.5, 0.6) is 5.88 Å². The number of imidazole rings is 1. The maximum absolute atomic E-state index is 6.20. The number of halogens is 1. The number of H-pyrrole nitrogens is 1. The number of ether oxygens (including phenoxy) is 1. The monoisotopic (exact) mass is 463 g/mol. The van der Waals surface area contributed by atoms with Crippen molar-refractivity contribution >= 4 is 11.6 Å². The molecule has 0 aliphatic carbocycles. The van der Waals surface area contributed by atoms with E-state index in [-0.39, 0.29) is 6.10 Å². The fourth-order valence-electron chi connectivity index (χ4n) is 4.07. The number of piperidine rings is 1. The van der Waals surface area contributed by atoms with E-state index in [0.29, 0.717) is 12.3 Å². The third-order valence-electron chi connectivity index (χ3n) is 5.85. The molecule has 0 unspecified atom stereocenters. The van der Waals surface area contributed by atoms with Gasteiger partial charge in [-0.3, -0.25) is 10.00 Å². The molecule has 5 rings (SSSR count). The molecular formula is C24H26ClN7O. The maximum atomic E-state index is 6.20. The van der Waals surface area contributed by atoms with Crippen molar-refractivity contribution in [1.82, 2.24) is 34.6 Å². The van der Waals surface area contributed by atoms with Crippen LogP contribution in [0.25, 0.3) is 0 Å². The molecule has 0 spiro atoms. The summed E-state index contributed by atoms with van der Waals surface area (Å²) in [7, 11) is 0. The highest BCUT2D eigenvalue weighted by atomic mass is 35.5. The lowest BCUT2D eigenvalue weighted by Crippen LogP contribution is -2.38. The SMILES string of the molecule is Clc1ccc(Cc2nccc(OC3CCN(Cc4nccn4Cc4cn[nH]c4)CC3)n2)cc1. The van der Waals surface area contributed by atoms with Crippen LogP contribution in [0.3, 0.4) is 0 Å². The first-order valence-electron chi connectivity index (χ1n) is 11.1. The van der Waals surface area contributed by atoms with Crippen LogP contribution in [0, 0.1) is 0 Å². The van der Waals surface area contributed by atoms with Gasteiger partial charge in [-0.15, -0.1) is 0 Å². The first-order valence-corrected chi connectivity index (χ1v) is 11.5. The van der Waals surface area contributed by atoms with Crippen LogP contribution in [0.1, 0.15) is 35.6 Å². The Morgan fingerprint density at radius 1 is 1.00 bits per heavy atom. The van der Waals surface area contributed by atoms with Crippen LogP contribution in [0.4, 0.5) is 0 Å². The van der Waals surface area contributed by atoms with Crippen LogP contribution in [0.15, 0.2) is 61.3 Å². The second kappa shape index (κ2) is 10.1. The molecule has 0 atom stereocenters. The molecule has 1 aliphatic heterocycles. The number of nitrogens with one attached hydrogen (secondary N) is 1. The lowest BCUT2D eigenvalue weighted by atomic mass is 10.1. The van der Waals surface area contributed by atoms with Gasteiger partial charge in [0, 0.05) is 61.0 Å². The number of hydrogen-bond acceptors (Lipinski definition) is 6. The molecule has 8 nitrogen and oxygen atoms in total. The third-order valence-corrected chi connectivity index (χ3v) is 6.10. The lowest BCUT2D eigenvalue weighted by molar-refractivity contribution is 0.0910. The van der Waals surface area contributed by atoms with Gasteiger partial charge in [-0.1, -0.05) is 23.7 Å². The van der Waals surface area contributed by atoms with Gasteiger partial charge in [0.1, 0.15) is 17.8 Å². The Bertz CT molecular complexity index is 1150. The van der Waals surface area contributed by atoms with Gasteiger partial charge in [-0.25, -0.2) is 9.97 Å². The average Bonchev–Trinajstić information content (AvgIpc) is 3.50. The molecule has 4 aromatic rings. The van der Waals surface area contributed by atoms with Gasteiger partial charge < -0.3 is 9.30 Å². The summed E-state index contributed by atoms with van der Waals surface area (Å²) in [6.07, 6.45) is 12.1. The van der Waals surface area contributed by atoms with Crippen LogP contribution in [0.2, 0.25) is 5.02 Å². The third kappa shape index (κ3) is 5.77. The topological polar surface area (TPSA) is 84.8 Å². The number of benzene rings is 1. The summed E-state index contributed by atoms with van der Waals surface area (Å²) in [4.78, 5) is 16.0. The highest BCUT2D eigenvalue weighted by Gasteiger charge is 2.22. The molecule has 1 aliphatic rings. The van der Waals surface area contributed by atoms with E-state index >= 15 is 0 Å². The second-order valence-electron chi connectivity index (χ2n) is 8.29. The predicted octanol–water partition coefficient (Wildman–Crippen LogP) is 3.73. The van der Waals surface area contributed by atoms with E-state index in [1.54, 1.807) is 6.20 Å². The molecule has 33 heavy (non-hydrogen) atoms. The Kier molecular flexibility index (Phi) is 6.64. The van der Waals surface area contributed by atoms with Gasteiger partial charge in [0.2, 0.25) is 5.88 Å². The molecular weight excluding hydrogens is 438 g/mol. The summed E-state index contributed by atoms with van der Waals surface area (Å²) in [6, 6.07) is 9.60. The van der Waals surface area contributed by atoms with Gasteiger partial charge in [0.15, 0.2) is 0 Å². The van der Waals surface area contributed by atoms with E-state index < -0.39 is 0 Å². The summed E-state index contributed by atoms with van der Waals surface area (Å²) in [5, 5.41) is 7.61. The van der Waals surface area contributed by atoms with Gasteiger partial charge >= 0.3 is 0 Å². The summed E-state index contributed by atoms with van der Waals surface area (Å²) in [5.41, 5.74) is 2.26. The smallest absolute Gasteiger partial charge is 0.216 e. The highest BCUT2D eigenvalue weighted by molar-refractivity contribution is 6.30. The van der Waals surface area contributed by atoms with E-state index in [1.807, 2.05) is 55.1 Å². The van der Waals surface area contributed by atoms with Crippen molar-refractivity contribution in [3.8, 4) is 5.88 Å². The van der Waals surface area contributed by atoms with Crippen molar-refractivity contribution in [3.63, 3.8) is 0 Å². The molecule has 0 amide bonds. The van der Waals surface area contributed by atoms with E-state index in [9.17, 15) is 0 Å². The van der Waals surface area contributed by atoms with E-state index in [2.05, 4.69) is 34.6 Å². The Morgan fingerprint density at radius 3 is 2.64 bits per heavy atom. The largest absolute Gasteiger partial charge is 0.474 e. The van der Waals surface area contributed by atoms with Crippen molar-refractivity contribution < 1.29 is 4.74 Å². The zero-order valence-corrected chi connectivity index (χ0v) is 19.0. The fourth-order valence-corrected chi connectivity index (χ4v) is 4.19. The van der Waals surface area contributed by atoms with Gasteiger partial charge in [-0.05, 0) is 30.5 Å². The molecule has 4 heterocycles. The minimum Gasteiger partial charge on any atom is -0.474 e. The minimum absolute atomic E-state index is 0.158. The standard InChI is InChI=1S/C24H26ClN7O/c25-20-3-1-18(2-4-20)13-22-26-8-5-24(30-22)33-21-6-10-31(11-7-21)17-23-27-9-12-32(23)16-19-14-28-29-15-19/h1-5,8-9,12,14-15,21H,6-7,10-11,13,16-17H2,(H,28,29). The Labute approximate surface area is 197 Å². The normalized spacial score (nSPS) is 15.1. The molecule has 1 fully saturated rings. The second-order valence-corrected chi connectivity index (χ2v) is 8.72. The van der Waals surface area contributed by atoms with Crippen molar-refractivity contribution in [2.24, 2.45) is 0 Å². The van der Waals surface area contributed by atoms with Gasteiger partial charge in [-0.2, -0.15) is 10.1 Å². The van der Waals surface area contributed by atoms with Crippen molar-refractivity contribution in [2.45, 2.75) is 38.5 Å². The maximum Gasteiger partial charge on any atom is 0.216 e. The first-order chi connectivity index (χ1) is 16.2. The minimum atomic E-state index is 0.158. The molecule has 1 saturated heterocycles. The van der Waals surface area contributed by atoms with Crippen LogP contribution < -0.4 is 4.74 Å². The summed E-state index contributed by atoms with van der Waals surface area (Å²) in [6.45, 7) is 3.53. The average molecular weight is 464 g/mol. The quantitative estimate of drug-likeness (QED) is 0.428. The van der Waals surface area contributed by atoms with Crippen molar-refractivity contribution in [1.29, 1.82) is 0 Å². The molecule has 1 aromatic carbocycles. The zero-order chi connectivity index (χ0) is 22.5. The fraction of sp³-hybridized carbons (Fsp3) is 0.333. The molecule has 9 heteroatoms. The number of hydrogen-bond donors (Lipinski definition) is 1. The Hall–Kier alpha value is -3.23. The van der Waals surface area contributed by atoms with Crippen LogP contribution in [-0.4, -0.2) is 53.8 Å². The first kappa shape index (κ1) is 21.6. The van der Waals surface area contributed by atoms with E-state index in [1.165, 1.54) is 0 Å². The number of rotatable bonds is 8. The van der Waals surface area contributed by atoms with Crippen LogP contribution >= 0.6 is 11.6 Å². The lowest BCUT2D eigenvalue weighted by Gasteiger charge is -2.31. The molecule has 170 valence electrons. The Balaban J connectivity index is 1.12. The van der Waals surface area contributed by atoms with Crippen molar-refractivity contribution in [2.75, 3.05) is 13.1 Å². The zero-order valence-electron chi connectivity index (χ0n) is 18.3. The van der Waals surface area contributed by atoms with Gasteiger partial charge in [0.05, 0.1) is 19.3 Å². The van der Waals surface area contributed by atoms with Gasteiger partial charge in [0.25, 0.3) is 0 Å². The summed E-state index contributed by atoms with van der Waals surface area (Å²) >= 11 is 5.97. The number of likely N-dealkylation sites (tertiary alicyclic amines) is 1. The molecule has 3 aromatic heterocycles. The molecule has 1 N–H and O–H groups in total. The summed E-state index contributed by atoms with van der Waals surface area (Å²) in [5.74, 6) is 2.46. The summed E-state index contributed by atoms with van der Waals surface area (Å²) < 4.78 is 8.38. The van der Waals surface area contributed by atoms with E-state index in [0.717, 1.165) is 66.8 Å². The number of aromatic amines is 1. The van der Waals surface area contributed by atoms with Crippen LogP contribution in [-0.2, 0) is 19.5 Å². The molecule has 0 radical (unpaired) electrons. The number of aromatic nitrogens is 6. The molecule has 0 saturated carbocycles. The Morgan fingerprint density at radius 2 is 1.85 bits per heavy atom. The number of nitrogens with zero attached hydrogens (tertiary/aromatic N) is 6. The predicted molar refractivity (Wildman–Crippen MR) is 125 cm³/mol.